The molecule has 0 aliphatic heterocycles. The first kappa shape index (κ1) is 15.0. The Hall–Kier alpha value is -2.36. The van der Waals surface area contributed by atoms with Crippen LogP contribution in [0.2, 0.25) is 0 Å². The first-order valence-electron chi connectivity index (χ1n) is 6.71. The number of aryl methyl sites for hydroxylation is 3. The molecule has 3 nitrogen and oxygen atoms in total. The lowest BCUT2D eigenvalue weighted by Gasteiger charge is -2.20. The number of benzene rings is 2. The van der Waals surface area contributed by atoms with Gasteiger partial charge in [-0.1, -0.05) is 24.3 Å². The summed E-state index contributed by atoms with van der Waals surface area (Å²) >= 11 is 0. The zero-order valence-electron chi connectivity index (χ0n) is 12.3. The van der Waals surface area contributed by atoms with Crippen LogP contribution in [0.15, 0.2) is 36.4 Å². The second kappa shape index (κ2) is 5.95. The second-order valence-corrected chi connectivity index (χ2v) is 5.19. The Kier molecular flexibility index (Phi) is 4.26. The fourth-order valence-corrected chi connectivity index (χ4v) is 2.30. The van der Waals surface area contributed by atoms with Gasteiger partial charge in [0, 0.05) is 0 Å². The van der Waals surface area contributed by atoms with E-state index in [0.717, 1.165) is 16.7 Å². The average Bonchev–Trinajstić information content (AvgIpc) is 2.42. The van der Waals surface area contributed by atoms with E-state index in [9.17, 15) is 14.3 Å². The molecule has 0 aromatic heterocycles. The van der Waals surface area contributed by atoms with Gasteiger partial charge in [-0.2, -0.15) is 0 Å². The maximum absolute atomic E-state index is 13.7. The molecule has 0 spiro atoms. The van der Waals surface area contributed by atoms with Crippen LogP contribution in [0.5, 0.6) is 0 Å². The smallest absolute Gasteiger partial charge is 0.330 e. The van der Waals surface area contributed by atoms with E-state index in [-0.39, 0.29) is 5.69 Å². The Bertz CT molecular complexity index is 682. The van der Waals surface area contributed by atoms with Crippen molar-refractivity contribution in [2.75, 3.05) is 5.32 Å². The van der Waals surface area contributed by atoms with Crippen molar-refractivity contribution in [3.8, 4) is 0 Å². The van der Waals surface area contributed by atoms with Gasteiger partial charge in [-0.05, 0) is 55.2 Å². The minimum Gasteiger partial charge on any atom is -0.479 e. The van der Waals surface area contributed by atoms with Gasteiger partial charge in [0.25, 0.3) is 0 Å². The molecule has 21 heavy (non-hydrogen) atoms. The molecular weight excluding hydrogens is 269 g/mol. The van der Waals surface area contributed by atoms with Crippen molar-refractivity contribution in [3.05, 3.63) is 64.5 Å². The van der Waals surface area contributed by atoms with E-state index in [2.05, 4.69) is 5.32 Å². The minimum absolute atomic E-state index is 0.183. The molecule has 0 heterocycles. The normalized spacial score (nSPS) is 12.0. The van der Waals surface area contributed by atoms with Gasteiger partial charge in [-0.25, -0.2) is 9.18 Å². The molecule has 2 N–H and O–H groups in total. The van der Waals surface area contributed by atoms with E-state index in [1.807, 2.05) is 32.9 Å². The molecule has 0 saturated carbocycles. The lowest BCUT2D eigenvalue weighted by atomic mass is 9.95. The molecule has 2 aromatic carbocycles. The van der Waals surface area contributed by atoms with Gasteiger partial charge in [-0.3, -0.25) is 0 Å². The molecule has 2 aromatic rings. The van der Waals surface area contributed by atoms with Crippen LogP contribution in [0.3, 0.4) is 0 Å². The lowest BCUT2D eigenvalue weighted by molar-refractivity contribution is -0.138. The maximum atomic E-state index is 13.7. The fraction of sp³-hybridized carbons (Fsp3) is 0.235. The van der Waals surface area contributed by atoms with E-state index in [1.165, 1.54) is 12.1 Å². The Labute approximate surface area is 123 Å². The zero-order valence-corrected chi connectivity index (χ0v) is 12.3. The number of nitrogens with one attached hydrogen (secondary N) is 1. The maximum Gasteiger partial charge on any atom is 0.330 e. The summed E-state index contributed by atoms with van der Waals surface area (Å²) in [6.07, 6.45) is 0. The molecule has 0 bridgehead atoms. The molecule has 2 rings (SSSR count). The Morgan fingerprint density at radius 1 is 1.10 bits per heavy atom. The molecule has 0 saturated heterocycles. The van der Waals surface area contributed by atoms with Gasteiger partial charge < -0.3 is 10.4 Å². The Morgan fingerprint density at radius 3 is 2.33 bits per heavy atom. The van der Waals surface area contributed by atoms with Gasteiger partial charge in [0.1, 0.15) is 5.82 Å². The topological polar surface area (TPSA) is 49.3 Å². The monoisotopic (exact) mass is 287 g/mol. The molecule has 0 aliphatic rings. The molecular formula is C17H18FNO2. The van der Waals surface area contributed by atoms with Gasteiger partial charge >= 0.3 is 5.97 Å². The highest BCUT2D eigenvalue weighted by atomic mass is 19.1. The Morgan fingerprint density at radius 2 is 1.71 bits per heavy atom. The third-order valence-corrected chi connectivity index (χ3v) is 3.61. The predicted octanol–water partition coefficient (Wildman–Crippen LogP) is 3.99. The number of para-hydroxylation sites is 1. The highest BCUT2D eigenvalue weighted by Crippen LogP contribution is 2.26. The summed E-state index contributed by atoms with van der Waals surface area (Å²) < 4.78 is 13.7. The van der Waals surface area contributed by atoms with Crippen molar-refractivity contribution in [2.45, 2.75) is 26.8 Å². The number of halogens is 1. The van der Waals surface area contributed by atoms with Gasteiger partial charge in [-0.15, -0.1) is 0 Å². The SMILES string of the molecule is Cc1cc(C)c(C(Nc2ccccc2F)C(=O)O)cc1C. The molecule has 0 fully saturated rings. The Balaban J connectivity index is 2.43. The molecule has 110 valence electrons. The molecule has 1 unspecified atom stereocenters. The first-order valence-corrected chi connectivity index (χ1v) is 6.71. The van der Waals surface area contributed by atoms with E-state index in [4.69, 9.17) is 0 Å². The van der Waals surface area contributed by atoms with Crippen LogP contribution in [-0.2, 0) is 4.79 Å². The highest BCUT2D eigenvalue weighted by molar-refractivity contribution is 5.80. The first-order chi connectivity index (χ1) is 9.90. The average molecular weight is 287 g/mol. The number of carboxylic acid groups (broad SMARTS) is 1. The van der Waals surface area contributed by atoms with Crippen molar-refractivity contribution < 1.29 is 14.3 Å². The molecule has 4 heteroatoms. The number of rotatable bonds is 4. The third kappa shape index (κ3) is 3.21. The molecule has 0 aliphatic carbocycles. The number of carbonyl (C=O) groups is 1. The quantitative estimate of drug-likeness (QED) is 0.894. The standard InChI is InChI=1S/C17H18FNO2/c1-10-8-12(3)13(9-11(10)2)16(17(20)21)19-15-7-5-4-6-14(15)18/h4-9,16,19H,1-3H3,(H,20,21). The van der Waals surface area contributed by atoms with Crippen LogP contribution in [0.25, 0.3) is 0 Å². The number of aliphatic carboxylic acids is 1. The minimum atomic E-state index is -1.04. The van der Waals surface area contributed by atoms with Crippen molar-refractivity contribution in [1.29, 1.82) is 0 Å². The van der Waals surface area contributed by atoms with E-state index >= 15 is 0 Å². The predicted molar refractivity (Wildman–Crippen MR) is 81.1 cm³/mol. The van der Waals surface area contributed by atoms with Gasteiger partial charge in [0.2, 0.25) is 0 Å². The number of hydrogen-bond donors (Lipinski definition) is 2. The van der Waals surface area contributed by atoms with Crippen molar-refractivity contribution in [1.82, 2.24) is 0 Å². The van der Waals surface area contributed by atoms with Crippen LogP contribution in [-0.4, -0.2) is 11.1 Å². The zero-order chi connectivity index (χ0) is 15.6. The number of anilines is 1. The molecule has 0 radical (unpaired) electrons. The summed E-state index contributed by atoms with van der Waals surface area (Å²) in [7, 11) is 0. The van der Waals surface area contributed by atoms with Crippen LogP contribution in [0.4, 0.5) is 10.1 Å². The largest absolute Gasteiger partial charge is 0.479 e. The summed E-state index contributed by atoms with van der Waals surface area (Å²) in [6, 6.07) is 8.87. The molecule has 1 atom stereocenters. The van der Waals surface area contributed by atoms with Gasteiger partial charge in [0.15, 0.2) is 6.04 Å². The van der Waals surface area contributed by atoms with E-state index < -0.39 is 17.8 Å². The summed E-state index contributed by atoms with van der Waals surface area (Å²) in [6.45, 7) is 5.77. The van der Waals surface area contributed by atoms with Crippen LogP contribution in [0.1, 0.15) is 28.3 Å². The fourth-order valence-electron chi connectivity index (χ4n) is 2.30. The number of hydrogen-bond acceptors (Lipinski definition) is 2. The van der Waals surface area contributed by atoms with E-state index in [1.54, 1.807) is 12.1 Å². The van der Waals surface area contributed by atoms with E-state index in [0.29, 0.717) is 5.56 Å². The van der Waals surface area contributed by atoms with Crippen molar-refractivity contribution in [2.24, 2.45) is 0 Å². The van der Waals surface area contributed by atoms with Crippen molar-refractivity contribution >= 4 is 11.7 Å². The summed E-state index contributed by atoms with van der Waals surface area (Å²) in [5.41, 5.74) is 3.81. The second-order valence-electron chi connectivity index (χ2n) is 5.19. The summed E-state index contributed by atoms with van der Waals surface area (Å²) in [5, 5.41) is 12.3. The summed E-state index contributed by atoms with van der Waals surface area (Å²) in [4.78, 5) is 11.6. The molecule has 0 amide bonds. The third-order valence-electron chi connectivity index (χ3n) is 3.61. The van der Waals surface area contributed by atoms with Crippen LogP contribution in [0, 0.1) is 26.6 Å². The highest BCUT2D eigenvalue weighted by Gasteiger charge is 2.23. The lowest BCUT2D eigenvalue weighted by Crippen LogP contribution is -2.22. The summed E-state index contributed by atoms with van der Waals surface area (Å²) in [5.74, 6) is -1.50. The van der Waals surface area contributed by atoms with Gasteiger partial charge in [0.05, 0.1) is 5.69 Å². The van der Waals surface area contributed by atoms with Crippen LogP contribution >= 0.6 is 0 Å². The number of carboxylic acids is 1. The van der Waals surface area contributed by atoms with Crippen LogP contribution < -0.4 is 5.32 Å². The van der Waals surface area contributed by atoms with Crippen molar-refractivity contribution in [3.63, 3.8) is 0 Å².